The Bertz CT molecular complexity index is 399. The van der Waals surface area contributed by atoms with Gasteiger partial charge < -0.3 is 0 Å². The molecule has 0 aliphatic heterocycles. The van der Waals surface area contributed by atoms with Crippen LogP contribution < -0.4 is 0 Å². The van der Waals surface area contributed by atoms with Crippen LogP contribution in [0.2, 0.25) is 0 Å². The fourth-order valence-electron chi connectivity index (χ4n) is 1.10. The zero-order chi connectivity index (χ0) is 9.84. The number of hydrogen-bond donors (Lipinski definition) is 0. The number of rotatable bonds is 2. The molecule has 0 saturated heterocycles. The Morgan fingerprint density at radius 1 is 1.62 bits per heavy atom. The smallest absolute Gasteiger partial charge is 0.150 e. The second-order valence-electron chi connectivity index (χ2n) is 2.82. The second-order valence-corrected chi connectivity index (χ2v) is 2.82. The fraction of sp³-hybridized carbons (Fsp3) is 0.0909. The van der Waals surface area contributed by atoms with E-state index in [4.69, 9.17) is 5.26 Å². The third-order valence-electron chi connectivity index (χ3n) is 1.76. The second kappa shape index (κ2) is 3.68. The van der Waals surface area contributed by atoms with E-state index in [9.17, 15) is 4.79 Å². The summed E-state index contributed by atoms with van der Waals surface area (Å²) in [5.41, 5.74) is 2.64. The molecule has 0 fully saturated rings. The van der Waals surface area contributed by atoms with Crippen molar-refractivity contribution >= 4 is 11.9 Å². The van der Waals surface area contributed by atoms with E-state index in [-0.39, 0.29) is 0 Å². The molecule has 0 bridgehead atoms. The minimum atomic E-state index is 0.497. The highest BCUT2D eigenvalue weighted by molar-refractivity contribution is 5.78. The molecule has 0 saturated carbocycles. The summed E-state index contributed by atoms with van der Waals surface area (Å²) in [7, 11) is 0. The topological polar surface area (TPSA) is 40.9 Å². The molecule has 0 spiro atoms. The largest absolute Gasteiger partial charge is 0.298 e. The molecule has 1 aromatic rings. The van der Waals surface area contributed by atoms with Crippen LogP contribution in [0.15, 0.2) is 24.8 Å². The molecular weight excluding hydrogens is 162 g/mol. The lowest BCUT2D eigenvalue weighted by molar-refractivity contribution is 0.112. The molecule has 0 heterocycles. The van der Waals surface area contributed by atoms with E-state index < -0.39 is 0 Å². The van der Waals surface area contributed by atoms with Crippen molar-refractivity contribution in [2.24, 2.45) is 0 Å². The number of allylic oxidation sites excluding steroid dienone is 1. The van der Waals surface area contributed by atoms with E-state index in [1.165, 1.54) is 0 Å². The van der Waals surface area contributed by atoms with Gasteiger partial charge in [0.05, 0.1) is 11.6 Å². The zero-order valence-corrected chi connectivity index (χ0v) is 7.37. The van der Waals surface area contributed by atoms with Crippen molar-refractivity contribution in [1.29, 1.82) is 5.26 Å². The van der Waals surface area contributed by atoms with Crippen LogP contribution in [0.4, 0.5) is 0 Å². The maximum Gasteiger partial charge on any atom is 0.150 e. The van der Waals surface area contributed by atoms with Crippen molar-refractivity contribution < 1.29 is 4.79 Å². The molecule has 0 amide bonds. The number of nitriles is 1. The Balaban J connectivity index is 3.33. The molecule has 0 radical (unpaired) electrons. The normalized spacial score (nSPS) is 8.92. The molecule has 13 heavy (non-hydrogen) atoms. The highest BCUT2D eigenvalue weighted by Gasteiger charge is 2.02. The first-order valence-electron chi connectivity index (χ1n) is 3.84. The number of carbonyl (C=O) groups excluding carboxylic acids is 1. The van der Waals surface area contributed by atoms with Gasteiger partial charge in [0.2, 0.25) is 0 Å². The summed E-state index contributed by atoms with van der Waals surface area (Å²) in [6.07, 6.45) is 0.725. The molecule has 0 aliphatic rings. The number of aldehydes is 1. The number of nitrogens with zero attached hydrogens (tertiary/aromatic N) is 1. The van der Waals surface area contributed by atoms with Crippen LogP contribution in [0.25, 0.3) is 5.57 Å². The molecule has 0 aromatic heterocycles. The lowest BCUT2D eigenvalue weighted by Gasteiger charge is -2.02. The van der Waals surface area contributed by atoms with Crippen molar-refractivity contribution in [2.75, 3.05) is 0 Å². The van der Waals surface area contributed by atoms with Gasteiger partial charge in [-0.05, 0) is 24.1 Å². The molecule has 1 aromatic carbocycles. The third-order valence-corrected chi connectivity index (χ3v) is 1.76. The van der Waals surface area contributed by atoms with Crippen molar-refractivity contribution in [3.8, 4) is 6.07 Å². The third kappa shape index (κ3) is 1.83. The van der Waals surface area contributed by atoms with Gasteiger partial charge in [-0.25, -0.2) is 0 Å². The predicted octanol–water partition coefficient (Wildman–Crippen LogP) is 2.40. The molecule has 0 unspecified atom stereocenters. The van der Waals surface area contributed by atoms with Gasteiger partial charge in [-0.3, -0.25) is 4.79 Å². The summed E-state index contributed by atoms with van der Waals surface area (Å²) in [5.74, 6) is 0. The molecule has 2 heteroatoms. The molecule has 2 nitrogen and oxygen atoms in total. The van der Waals surface area contributed by atoms with E-state index in [2.05, 4.69) is 6.58 Å². The molecular formula is C11H9NO. The standard InChI is InChI=1S/C11H9NO/c1-8(2)11-4-3-9(7-13)5-10(11)6-12/h3-5,7H,1H2,2H3. The summed E-state index contributed by atoms with van der Waals surface area (Å²) < 4.78 is 0. The Kier molecular flexibility index (Phi) is 2.61. The number of benzene rings is 1. The minimum Gasteiger partial charge on any atom is -0.298 e. The van der Waals surface area contributed by atoms with Crippen LogP contribution in [0.5, 0.6) is 0 Å². The van der Waals surface area contributed by atoms with E-state index in [1.54, 1.807) is 18.2 Å². The van der Waals surface area contributed by atoms with Gasteiger partial charge in [0, 0.05) is 5.56 Å². The van der Waals surface area contributed by atoms with E-state index in [0.29, 0.717) is 11.1 Å². The Morgan fingerprint density at radius 3 is 2.77 bits per heavy atom. The van der Waals surface area contributed by atoms with Gasteiger partial charge in [-0.1, -0.05) is 18.7 Å². The van der Waals surface area contributed by atoms with Gasteiger partial charge in [-0.15, -0.1) is 0 Å². The monoisotopic (exact) mass is 171 g/mol. The molecule has 64 valence electrons. The predicted molar refractivity (Wildman–Crippen MR) is 51.3 cm³/mol. The first kappa shape index (κ1) is 9.21. The SMILES string of the molecule is C=C(C)c1ccc(C=O)cc1C#N. The van der Waals surface area contributed by atoms with Gasteiger partial charge in [0.25, 0.3) is 0 Å². The molecule has 1 rings (SSSR count). The van der Waals surface area contributed by atoms with Crippen LogP contribution in [-0.4, -0.2) is 6.29 Å². The van der Waals surface area contributed by atoms with Gasteiger partial charge in [-0.2, -0.15) is 5.26 Å². The van der Waals surface area contributed by atoms with E-state index in [0.717, 1.165) is 17.4 Å². The first-order chi connectivity index (χ1) is 6.19. The van der Waals surface area contributed by atoms with Gasteiger partial charge in [0.1, 0.15) is 6.29 Å². The van der Waals surface area contributed by atoms with Crippen molar-refractivity contribution in [2.45, 2.75) is 6.92 Å². The summed E-state index contributed by atoms with van der Waals surface area (Å²) in [5, 5.41) is 8.78. The van der Waals surface area contributed by atoms with Crippen LogP contribution in [0.1, 0.15) is 28.4 Å². The van der Waals surface area contributed by atoms with E-state index >= 15 is 0 Å². The summed E-state index contributed by atoms with van der Waals surface area (Å²) in [6, 6.07) is 7.02. The highest BCUT2D eigenvalue weighted by Crippen LogP contribution is 2.17. The van der Waals surface area contributed by atoms with Crippen molar-refractivity contribution in [3.63, 3.8) is 0 Å². The van der Waals surface area contributed by atoms with Gasteiger partial charge >= 0.3 is 0 Å². The Labute approximate surface area is 77.1 Å². The Hall–Kier alpha value is -1.88. The van der Waals surface area contributed by atoms with Gasteiger partial charge in [0.15, 0.2) is 0 Å². The van der Waals surface area contributed by atoms with Crippen LogP contribution >= 0.6 is 0 Å². The zero-order valence-electron chi connectivity index (χ0n) is 7.37. The van der Waals surface area contributed by atoms with Crippen LogP contribution in [0, 0.1) is 11.3 Å². The maximum absolute atomic E-state index is 10.4. The molecule has 0 aliphatic carbocycles. The van der Waals surface area contributed by atoms with Crippen LogP contribution in [-0.2, 0) is 0 Å². The van der Waals surface area contributed by atoms with Crippen LogP contribution in [0.3, 0.4) is 0 Å². The number of carbonyl (C=O) groups is 1. The molecule has 0 atom stereocenters. The van der Waals surface area contributed by atoms with E-state index in [1.807, 2.05) is 13.0 Å². The Morgan fingerprint density at radius 2 is 2.31 bits per heavy atom. The average molecular weight is 171 g/mol. The number of hydrogen-bond acceptors (Lipinski definition) is 2. The summed E-state index contributed by atoms with van der Waals surface area (Å²) >= 11 is 0. The van der Waals surface area contributed by atoms with Crippen molar-refractivity contribution in [1.82, 2.24) is 0 Å². The fourth-order valence-corrected chi connectivity index (χ4v) is 1.10. The molecule has 0 N–H and O–H groups in total. The van der Waals surface area contributed by atoms with Crippen molar-refractivity contribution in [3.05, 3.63) is 41.5 Å². The summed E-state index contributed by atoms with van der Waals surface area (Å²) in [6.45, 7) is 5.58. The maximum atomic E-state index is 10.4. The average Bonchev–Trinajstić information content (AvgIpc) is 2.16. The minimum absolute atomic E-state index is 0.497. The lowest BCUT2D eigenvalue weighted by atomic mass is 10.0. The first-order valence-corrected chi connectivity index (χ1v) is 3.84. The lowest BCUT2D eigenvalue weighted by Crippen LogP contribution is -1.88. The quantitative estimate of drug-likeness (QED) is 0.641. The summed E-state index contributed by atoms with van der Waals surface area (Å²) in [4.78, 5) is 10.4. The highest BCUT2D eigenvalue weighted by atomic mass is 16.1.